The van der Waals surface area contributed by atoms with Gasteiger partial charge in [0.2, 0.25) is 0 Å². The van der Waals surface area contributed by atoms with Crippen molar-refractivity contribution < 1.29 is 9.84 Å². The van der Waals surface area contributed by atoms with E-state index in [9.17, 15) is 5.11 Å². The summed E-state index contributed by atoms with van der Waals surface area (Å²) < 4.78 is 5.18. The van der Waals surface area contributed by atoms with Crippen LogP contribution in [0.15, 0.2) is 24.3 Å². The lowest BCUT2D eigenvalue weighted by molar-refractivity contribution is 0.140. The first-order chi connectivity index (χ1) is 11.0. The molecular formula is C17H22ClN3O2. The third-order valence-electron chi connectivity index (χ3n) is 4.33. The number of hydrogen-bond acceptors (Lipinski definition) is 4. The van der Waals surface area contributed by atoms with E-state index in [2.05, 4.69) is 15.1 Å². The third-order valence-corrected chi connectivity index (χ3v) is 4.63. The number of aromatic nitrogens is 2. The smallest absolute Gasteiger partial charge is 0.137 e. The van der Waals surface area contributed by atoms with Crippen molar-refractivity contribution in [2.45, 2.75) is 26.0 Å². The molecule has 1 aliphatic rings. The number of aliphatic hydroxyl groups is 1. The molecule has 2 aromatic rings. The van der Waals surface area contributed by atoms with Gasteiger partial charge in [-0.25, -0.2) is 0 Å². The van der Waals surface area contributed by atoms with Gasteiger partial charge in [0.25, 0.3) is 0 Å². The van der Waals surface area contributed by atoms with E-state index in [1.807, 2.05) is 31.2 Å². The number of likely N-dealkylation sites (tertiary alicyclic amines) is 1. The van der Waals surface area contributed by atoms with Crippen LogP contribution < -0.4 is 4.74 Å². The molecule has 23 heavy (non-hydrogen) atoms. The molecule has 0 saturated carbocycles. The average molecular weight is 336 g/mol. The lowest BCUT2D eigenvalue weighted by Crippen LogP contribution is -2.21. The second kappa shape index (κ2) is 6.91. The SMILES string of the molecule is COc1ccc(CN2C[C@@H](Cc3cc(C)[nH]n3)[C@@H](O)C2)cc1Cl. The van der Waals surface area contributed by atoms with E-state index in [1.54, 1.807) is 7.11 Å². The van der Waals surface area contributed by atoms with Gasteiger partial charge >= 0.3 is 0 Å². The summed E-state index contributed by atoms with van der Waals surface area (Å²) in [4.78, 5) is 2.26. The van der Waals surface area contributed by atoms with Crippen LogP contribution in [0.3, 0.4) is 0 Å². The van der Waals surface area contributed by atoms with Gasteiger partial charge in [-0.3, -0.25) is 10.00 Å². The van der Waals surface area contributed by atoms with Gasteiger partial charge in [-0.1, -0.05) is 17.7 Å². The van der Waals surface area contributed by atoms with Gasteiger partial charge in [-0.2, -0.15) is 5.10 Å². The molecule has 3 rings (SSSR count). The van der Waals surface area contributed by atoms with Crippen molar-refractivity contribution in [1.29, 1.82) is 0 Å². The number of hydrogen-bond donors (Lipinski definition) is 2. The molecule has 1 aliphatic heterocycles. The predicted octanol–water partition coefficient (Wildman–Crippen LogP) is 2.42. The van der Waals surface area contributed by atoms with Gasteiger partial charge in [0.05, 0.1) is 23.9 Å². The zero-order chi connectivity index (χ0) is 16.4. The quantitative estimate of drug-likeness (QED) is 0.881. The van der Waals surface area contributed by atoms with E-state index < -0.39 is 0 Å². The van der Waals surface area contributed by atoms with Crippen LogP contribution in [0.1, 0.15) is 17.0 Å². The highest BCUT2D eigenvalue weighted by Crippen LogP contribution is 2.27. The number of aryl methyl sites for hydroxylation is 1. The van der Waals surface area contributed by atoms with Gasteiger partial charge in [0.15, 0.2) is 0 Å². The number of nitrogens with zero attached hydrogens (tertiary/aromatic N) is 2. The Labute approximate surface area is 141 Å². The minimum Gasteiger partial charge on any atom is -0.495 e. The lowest BCUT2D eigenvalue weighted by Gasteiger charge is -2.16. The van der Waals surface area contributed by atoms with Crippen LogP contribution >= 0.6 is 11.6 Å². The van der Waals surface area contributed by atoms with Gasteiger partial charge in [0.1, 0.15) is 5.75 Å². The number of H-pyrrole nitrogens is 1. The molecular weight excluding hydrogens is 314 g/mol. The van der Waals surface area contributed by atoms with Crippen molar-refractivity contribution in [3.05, 3.63) is 46.2 Å². The molecule has 0 unspecified atom stereocenters. The number of rotatable bonds is 5. The normalized spacial score (nSPS) is 21.7. The Hall–Kier alpha value is -1.56. The number of halogens is 1. The zero-order valence-corrected chi connectivity index (χ0v) is 14.2. The standard InChI is InChI=1S/C17H22ClN3O2/c1-11-5-14(20-19-11)7-13-9-21(10-16(13)22)8-12-3-4-17(23-2)15(18)6-12/h3-6,13,16,22H,7-10H2,1-2H3,(H,19,20)/t13-,16+/m1/s1. The second-order valence-corrected chi connectivity index (χ2v) is 6.64. The molecule has 2 N–H and O–H groups in total. The van der Waals surface area contributed by atoms with E-state index in [0.717, 1.165) is 36.5 Å². The van der Waals surface area contributed by atoms with E-state index in [0.29, 0.717) is 17.3 Å². The Morgan fingerprint density at radius 2 is 2.22 bits per heavy atom. The molecule has 0 bridgehead atoms. The van der Waals surface area contributed by atoms with Gasteiger partial charge in [-0.15, -0.1) is 0 Å². The zero-order valence-electron chi connectivity index (χ0n) is 13.4. The number of benzene rings is 1. The van der Waals surface area contributed by atoms with E-state index in [-0.39, 0.29) is 12.0 Å². The molecule has 1 aromatic heterocycles. The average Bonchev–Trinajstić information content (AvgIpc) is 3.06. The molecule has 0 spiro atoms. The van der Waals surface area contributed by atoms with Crippen molar-refractivity contribution in [3.63, 3.8) is 0 Å². The molecule has 0 radical (unpaired) electrons. The molecule has 6 heteroatoms. The Morgan fingerprint density at radius 1 is 1.39 bits per heavy atom. The second-order valence-electron chi connectivity index (χ2n) is 6.24. The number of β-amino-alcohol motifs (C(OH)–C–C–N with tert-alkyl or cyclic N) is 1. The predicted molar refractivity (Wildman–Crippen MR) is 89.8 cm³/mol. The first kappa shape index (κ1) is 16.3. The maximum Gasteiger partial charge on any atom is 0.137 e. The molecule has 2 heterocycles. The maximum absolute atomic E-state index is 10.3. The van der Waals surface area contributed by atoms with Crippen LogP contribution in [0.2, 0.25) is 5.02 Å². The topological polar surface area (TPSA) is 61.4 Å². The number of ether oxygens (including phenoxy) is 1. The van der Waals surface area contributed by atoms with Gasteiger partial charge in [-0.05, 0) is 37.1 Å². The summed E-state index contributed by atoms with van der Waals surface area (Å²) in [6.07, 6.45) is 0.478. The summed E-state index contributed by atoms with van der Waals surface area (Å²) in [5.74, 6) is 0.898. The summed E-state index contributed by atoms with van der Waals surface area (Å²) in [5.41, 5.74) is 3.19. The minimum absolute atomic E-state index is 0.214. The third kappa shape index (κ3) is 3.86. The van der Waals surface area contributed by atoms with Gasteiger partial charge < -0.3 is 9.84 Å². The van der Waals surface area contributed by atoms with Crippen LogP contribution in [0.5, 0.6) is 5.75 Å². The van der Waals surface area contributed by atoms with Crippen molar-refractivity contribution in [3.8, 4) is 5.75 Å². The Kier molecular flexibility index (Phi) is 4.90. The highest BCUT2D eigenvalue weighted by Gasteiger charge is 2.31. The first-order valence-corrected chi connectivity index (χ1v) is 8.16. The fourth-order valence-electron chi connectivity index (χ4n) is 3.19. The summed E-state index contributed by atoms with van der Waals surface area (Å²) in [5, 5.41) is 18.2. The molecule has 5 nitrogen and oxygen atoms in total. The fraction of sp³-hybridized carbons (Fsp3) is 0.471. The molecule has 0 aliphatic carbocycles. The van der Waals surface area contributed by atoms with Crippen LogP contribution in [-0.4, -0.2) is 46.5 Å². The molecule has 1 fully saturated rings. The number of methoxy groups -OCH3 is 1. The molecule has 1 saturated heterocycles. The number of aromatic amines is 1. The summed E-state index contributed by atoms with van der Waals surface area (Å²) in [6.45, 7) is 4.30. The van der Waals surface area contributed by atoms with Crippen molar-refractivity contribution >= 4 is 11.6 Å². The summed E-state index contributed by atoms with van der Waals surface area (Å²) >= 11 is 6.18. The Bertz CT molecular complexity index is 674. The fourth-order valence-corrected chi connectivity index (χ4v) is 3.47. The molecule has 2 atom stereocenters. The highest BCUT2D eigenvalue weighted by molar-refractivity contribution is 6.32. The van der Waals surface area contributed by atoms with Crippen molar-refractivity contribution in [2.24, 2.45) is 5.92 Å². The molecule has 0 amide bonds. The van der Waals surface area contributed by atoms with Crippen LogP contribution in [-0.2, 0) is 13.0 Å². The molecule has 124 valence electrons. The monoisotopic (exact) mass is 335 g/mol. The van der Waals surface area contributed by atoms with Crippen LogP contribution in [0.25, 0.3) is 0 Å². The lowest BCUT2D eigenvalue weighted by atomic mass is 10.0. The van der Waals surface area contributed by atoms with E-state index >= 15 is 0 Å². The first-order valence-electron chi connectivity index (χ1n) is 7.79. The highest BCUT2D eigenvalue weighted by atomic mass is 35.5. The number of nitrogens with one attached hydrogen (secondary N) is 1. The van der Waals surface area contributed by atoms with Crippen molar-refractivity contribution in [1.82, 2.24) is 15.1 Å². The van der Waals surface area contributed by atoms with Crippen LogP contribution in [0.4, 0.5) is 0 Å². The number of aliphatic hydroxyl groups excluding tert-OH is 1. The Morgan fingerprint density at radius 3 is 2.87 bits per heavy atom. The van der Waals surface area contributed by atoms with Crippen molar-refractivity contribution in [2.75, 3.05) is 20.2 Å². The van der Waals surface area contributed by atoms with Crippen LogP contribution in [0, 0.1) is 12.8 Å². The summed E-state index contributed by atoms with van der Waals surface area (Å²) in [6, 6.07) is 7.87. The Balaban J connectivity index is 1.61. The largest absolute Gasteiger partial charge is 0.495 e. The van der Waals surface area contributed by atoms with E-state index in [4.69, 9.17) is 16.3 Å². The minimum atomic E-state index is -0.319. The maximum atomic E-state index is 10.3. The summed E-state index contributed by atoms with van der Waals surface area (Å²) in [7, 11) is 1.61. The van der Waals surface area contributed by atoms with E-state index in [1.165, 1.54) is 0 Å². The van der Waals surface area contributed by atoms with Gasteiger partial charge in [0, 0.05) is 31.2 Å². The molecule has 1 aromatic carbocycles.